The molecule has 0 spiro atoms. The van der Waals surface area contributed by atoms with Gasteiger partial charge in [-0.05, 0) is 12.1 Å². The number of aliphatic imine (C=N–C) groups is 1. The Morgan fingerprint density at radius 1 is 1.33 bits per heavy atom. The maximum Gasteiger partial charge on any atom is 0.334 e. The Bertz CT molecular complexity index is 423. The molecular formula is C11H10N2O2. The molecule has 1 aliphatic heterocycles. The number of carbonyl (C=O) groups is 1. The second-order valence-electron chi connectivity index (χ2n) is 3.19. The molecule has 15 heavy (non-hydrogen) atoms. The fourth-order valence-corrected chi connectivity index (χ4v) is 1.37. The predicted molar refractivity (Wildman–Crippen MR) is 58.0 cm³/mol. The largest absolute Gasteiger partial charge is 0.478 e. The zero-order valence-electron chi connectivity index (χ0n) is 8.00. The maximum atomic E-state index is 10.8. The van der Waals surface area contributed by atoms with Gasteiger partial charge in [-0.3, -0.25) is 0 Å². The van der Waals surface area contributed by atoms with Crippen LogP contribution in [0.1, 0.15) is 0 Å². The van der Waals surface area contributed by atoms with Crippen molar-refractivity contribution >= 4 is 18.0 Å². The van der Waals surface area contributed by atoms with Crippen LogP contribution in [-0.2, 0) is 4.79 Å². The van der Waals surface area contributed by atoms with Crippen LogP contribution in [0.5, 0.6) is 0 Å². The molecule has 2 rings (SSSR count). The fourth-order valence-electron chi connectivity index (χ4n) is 1.37. The van der Waals surface area contributed by atoms with Crippen molar-refractivity contribution in [1.82, 2.24) is 0 Å². The van der Waals surface area contributed by atoms with E-state index < -0.39 is 5.97 Å². The van der Waals surface area contributed by atoms with E-state index in [2.05, 4.69) is 4.99 Å². The zero-order chi connectivity index (χ0) is 10.7. The van der Waals surface area contributed by atoms with Gasteiger partial charge in [0.25, 0.3) is 0 Å². The summed E-state index contributed by atoms with van der Waals surface area (Å²) in [5.41, 5.74) is 1.23. The lowest BCUT2D eigenvalue weighted by Crippen LogP contribution is -2.28. The Morgan fingerprint density at radius 3 is 2.73 bits per heavy atom. The first-order valence-corrected chi connectivity index (χ1v) is 4.55. The third-order valence-electron chi connectivity index (χ3n) is 2.14. The van der Waals surface area contributed by atoms with E-state index in [1.807, 2.05) is 30.3 Å². The highest BCUT2D eigenvalue weighted by molar-refractivity contribution is 5.92. The van der Waals surface area contributed by atoms with Crippen LogP contribution in [0.25, 0.3) is 0 Å². The Kier molecular flexibility index (Phi) is 2.49. The van der Waals surface area contributed by atoms with Crippen LogP contribution >= 0.6 is 0 Å². The van der Waals surface area contributed by atoms with E-state index in [1.165, 1.54) is 6.20 Å². The van der Waals surface area contributed by atoms with Crippen LogP contribution in [0.4, 0.5) is 5.69 Å². The maximum absolute atomic E-state index is 10.8. The summed E-state index contributed by atoms with van der Waals surface area (Å²) in [5, 5.41) is 8.83. The second kappa shape index (κ2) is 3.96. The van der Waals surface area contributed by atoms with Gasteiger partial charge in [0, 0.05) is 11.9 Å². The van der Waals surface area contributed by atoms with Crippen LogP contribution in [0.15, 0.2) is 47.1 Å². The Labute approximate surface area is 87.2 Å². The first-order valence-electron chi connectivity index (χ1n) is 4.55. The number of carboxylic acid groups (broad SMARTS) is 1. The number of hydrogen-bond acceptors (Lipinski definition) is 3. The van der Waals surface area contributed by atoms with Crippen molar-refractivity contribution in [2.24, 2.45) is 4.99 Å². The van der Waals surface area contributed by atoms with Gasteiger partial charge in [-0.1, -0.05) is 18.2 Å². The highest BCUT2D eigenvalue weighted by Crippen LogP contribution is 2.15. The van der Waals surface area contributed by atoms with Gasteiger partial charge in [-0.2, -0.15) is 0 Å². The molecule has 0 fully saturated rings. The average molecular weight is 202 g/mol. The van der Waals surface area contributed by atoms with Crippen molar-refractivity contribution in [3.63, 3.8) is 0 Å². The molecule has 0 saturated carbocycles. The number of aliphatic carboxylic acids is 1. The van der Waals surface area contributed by atoms with Crippen molar-refractivity contribution in [2.75, 3.05) is 11.4 Å². The molecule has 0 amide bonds. The molecule has 1 N–H and O–H groups in total. The monoisotopic (exact) mass is 202 g/mol. The minimum atomic E-state index is -0.923. The predicted octanol–water partition coefficient (Wildman–Crippen LogP) is 1.50. The molecular weight excluding hydrogens is 192 g/mol. The molecule has 1 heterocycles. The van der Waals surface area contributed by atoms with Crippen molar-refractivity contribution in [2.45, 2.75) is 0 Å². The van der Waals surface area contributed by atoms with Crippen LogP contribution < -0.4 is 4.90 Å². The molecule has 0 unspecified atom stereocenters. The van der Waals surface area contributed by atoms with Crippen LogP contribution in [0, 0.1) is 0 Å². The van der Waals surface area contributed by atoms with E-state index in [9.17, 15) is 4.79 Å². The topological polar surface area (TPSA) is 52.9 Å². The SMILES string of the molecule is O=C(O)C1=CN=CN(c2ccccc2)C1. The third-order valence-corrected chi connectivity index (χ3v) is 2.14. The fraction of sp³-hybridized carbons (Fsp3) is 0.0909. The minimum absolute atomic E-state index is 0.293. The van der Waals surface area contributed by atoms with E-state index in [0.29, 0.717) is 12.1 Å². The standard InChI is InChI=1S/C11H10N2O2/c14-11(15)9-6-12-8-13(7-9)10-4-2-1-3-5-10/h1-6,8H,7H2,(H,14,15). The molecule has 1 aromatic carbocycles. The van der Waals surface area contributed by atoms with Crippen LogP contribution in [0.2, 0.25) is 0 Å². The molecule has 4 heteroatoms. The second-order valence-corrected chi connectivity index (χ2v) is 3.19. The number of para-hydroxylation sites is 1. The summed E-state index contributed by atoms with van der Waals surface area (Å²) in [6.45, 7) is 0.350. The normalized spacial score (nSPS) is 14.9. The molecule has 0 bridgehead atoms. The molecule has 0 atom stereocenters. The molecule has 0 aromatic heterocycles. The first kappa shape index (κ1) is 9.45. The summed E-state index contributed by atoms with van der Waals surface area (Å²) in [6, 6.07) is 9.55. The summed E-state index contributed by atoms with van der Waals surface area (Å²) in [4.78, 5) is 16.5. The van der Waals surface area contributed by atoms with E-state index in [4.69, 9.17) is 5.11 Å². The van der Waals surface area contributed by atoms with Crippen molar-refractivity contribution in [1.29, 1.82) is 0 Å². The summed E-state index contributed by atoms with van der Waals surface area (Å²) in [5.74, 6) is -0.923. The molecule has 1 aliphatic rings. The lowest BCUT2D eigenvalue weighted by molar-refractivity contribution is -0.132. The van der Waals surface area contributed by atoms with Gasteiger partial charge in [0.05, 0.1) is 18.5 Å². The van der Waals surface area contributed by atoms with Gasteiger partial charge >= 0.3 is 5.97 Å². The van der Waals surface area contributed by atoms with E-state index in [0.717, 1.165) is 5.69 Å². The number of anilines is 1. The van der Waals surface area contributed by atoms with E-state index in [1.54, 1.807) is 11.2 Å². The Hall–Kier alpha value is -2.10. The first-order chi connectivity index (χ1) is 7.27. The molecule has 76 valence electrons. The van der Waals surface area contributed by atoms with Crippen LogP contribution in [0.3, 0.4) is 0 Å². The number of hydrogen-bond donors (Lipinski definition) is 1. The molecule has 0 saturated heterocycles. The quantitative estimate of drug-likeness (QED) is 0.790. The average Bonchev–Trinajstić information content (AvgIpc) is 2.30. The molecule has 1 aromatic rings. The number of benzene rings is 1. The van der Waals surface area contributed by atoms with Gasteiger partial charge in [-0.15, -0.1) is 0 Å². The summed E-state index contributed by atoms with van der Waals surface area (Å²) in [6.07, 6.45) is 3.00. The summed E-state index contributed by atoms with van der Waals surface area (Å²) < 4.78 is 0. The minimum Gasteiger partial charge on any atom is -0.478 e. The zero-order valence-corrected chi connectivity index (χ0v) is 8.00. The summed E-state index contributed by atoms with van der Waals surface area (Å²) in [7, 11) is 0. The highest BCUT2D eigenvalue weighted by atomic mass is 16.4. The molecule has 0 aliphatic carbocycles. The lowest BCUT2D eigenvalue weighted by atomic mass is 10.2. The molecule has 0 radical (unpaired) electrons. The van der Waals surface area contributed by atoms with Crippen molar-refractivity contribution in [3.8, 4) is 0 Å². The highest BCUT2D eigenvalue weighted by Gasteiger charge is 2.15. The van der Waals surface area contributed by atoms with Crippen LogP contribution in [-0.4, -0.2) is 24.0 Å². The van der Waals surface area contributed by atoms with E-state index in [-0.39, 0.29) is 0 Å². The number of carboxylic acids is 1. The van der Waals surface area contributed by atoms with Gasteiger partial charge in [0.15, 0.2) is 0 Å². The number of nitrogens with zero attached hydrogens (tertiary/aromatic N) is 2. The smallest absolute Gasteiger partial charge is 0.334 e. The van der Waals surface area contributed by atoms with Gasteiger partial charge in [0.1, 0.15) is 0 Å². The van der Waals surface area contributed by atoms with Gasteiger partial charge in [-0.25, -0.2) is 9.79 Å². The van der Waals surface area contributed by atoms with Crippen molar-refractivity contribution in [3.05, 3.63) is 42.1 Å². The third kappa shape index (κ3) is 2.04. The van der Waals surface area contributed by atoms with Gasteiger partial charge < -0.3 is 10.0 Å². The Morgan fingerprint density at radius 2 is 2.07 bits per heavy atom. The summed E-state index contributed by atoms with van der Waals surface area (Å²) >= 11 is 0. The van der Waals surface area contributed by atoms with Crippen molar-refractivity contribution < 1.29 is 9.90 Å². The molecule has 4 nitrogen and oxygen atoms in total. The lowest BCUT2D eigenvalue weighted by Gasteiger charge is -2.21. The van der Waals surface area contributed by atoms with Gasteiger partial charge in [0.2, 0.25) is 0 Å². The van der Waals surface area contributed by atoms with E-state index >= 15 is 0 Å². The Balaban J connectivity index is 2.19. The number of rotatable bonds is 2.